The molecule has 0 aliphatic carbocycles. The van der Waals surface area contributed by atoms with Gasteiger partial charge >= 0.3 is 6.09 Å². The second-order valence-corrected chi connectivity index (χ2v) is 11.9. The number of amides is 2. The molecule has 3 rings (SSSR count). The Morgan fingerprint density at radius 3 is 2.18 bits per heavy atom. The summed E-state index contributed by atoms with van der Waals surface area (Å²) in [7, 11) is 0. The second kappa shape index (κ2) is 14.2. The molecule has 1 aliphatic heterocycles. The lowest BCUT2D eigenvalue weighted by Crippen LogP contribution is -2.45. The molecule has 1 saturated heterocycles. The van der Waals surface area contributed by atoms with Crippen molar-refractivity contribution in [2.45, 2.75) is 85.0 Å². The molecule has 0 spiro atoms. The van der Waals surface area contributed by atoms with Crippen molar-refractivity contribution in [2.75, 3.05) is 13.1 Å². The summed E-state index contributed by atoms with van der Waals surface area (Å²) in [6, 6.07) is 17.1. The Kier molecular flexibility index (Phi) is 11.0. The minimum absolute atomic E-state index is 0.0440. The van der Waals surface area contributed by atoms with Gasteiger partial charge in [0.1, 0.15) is 18.0 Å². The summed E-state index contributed by atoms with van der Waals surface area (Å²) >= 11 is 0. The predicted octanol–water partition coefficient (Wildman–Crippen LogP) is 5.95. The van der Waals surface area contributed by atoms with Gasteiger partial charge in [-0.2, -0.15) is 0 Å². The van der Waals surface area contributed by atoms with Crippen molar-refractivity contribution in [3.05, 3.63) is 65.7 Å². The maximum Gasteiger partial charge on any atom is 0.410 e. The first-order valence-corrected chi connectivity index (χ1v) is 14.0. The average molecular weight is 537 g/mol. The fourth-order valence-corrected chi connectivity index (χ4v) is 4.65. The molecule has 2 amide bonds. The molecule has 0 bridgehead atoms. The van der Waals surface area contributed by atoms with Crippen LogP contribution in [-0.2, 0) is 27.4 Å². The molecule has 7 nitrogen and oxygen atoms in total. The third kappa shape index (κ3) is 10.7. The Hall–Kier alpha value is -3.35. The lowest BCUT2D eigenvalue weighted by Gasteiger charge is -2.33. The highest BCUT2D eigenvalue weighted by molar-refractivity contribution is 5.89. The van der Waals surface area contributed by atoms with Crippen molar-refractivity contribution in [1.82, 2.24) is 10.2 Å². The fourth-order valence-electron chi connectivity index (χ4n) is 4.65. The van der Waals surface area contributed by atoms with Gasteiger partial charge in [-0.15, -0.1) is 0 Å². The van der Waals surface area contributed by atoms with E-state index in [0.29, 0.717) is 39.0 Å². The first-order chi connectivity index (χ1) is 18.5. The molecule has 2 aromatic rings. The summed E-state index contributed by atoms with van der Waals surface area (Å²) in [4.78, 5) is 40.1. The van der Waals surface area contributed by atoms with Gasteiger partial charge in [-0.05, 0) is 75.1 Å². The number of likely N-dealkylation sites (tertiary alicyclic amines) is 1. The van der Waals surface area contributed by atoms with Crippen molar-refractivity contribution in [1.29, 1.82) is 0 Å². The number of nitrogens with zero attached hydrogens (tertiary/aromatic N) is 1. The minimum atomic E-state index is -0.571. The minimum Gasteiger partial charge on any atom is -0.489 e. The van der Waals surface area contributed by atoms with Crippen LogP contribution in [0.1, 0.15) is 71.4 Å². The molecule has 2 aromatic carbocycles. The highest BCUT2D eigenvalue weighted by atomic mass is 16.6. The van der Waals surface area contributed by atoms with Crippen molar-refractivity contribution < 1.29 is 23.9 Å². The van der Waals surface area contributed by atoms with Crippen LogP contribution in [-0.4, -0.2) is 47.4 Å². The van der Waals surface area contributed by atoms with Gasteiger partial charge in [-0.3, -0.25) is 9.59 Å². The molecular weight excluding hydrogens is 492 g/mol. The number of ether oxygens (including phenoxy) is 2. The SMILES string of the molecule is CC(C)CC(=O)[C@H](Cc1ccc(OCc2ccccc2)cc1)NC(=O)CC1CCN(C(=O)OC(C)(C)C)CC1. The van der Waals surface area contributed by atoms with E-state index in [0.717, 1.165) is 29.7 Å². The molecule has 7 heteroatoms. The number of carbonyl (C=O) groups excluding carboxylic acids is 3. The zero-order chi connectivity index (χ0) is 28.4. The summed E-state index contributed by atoms with van der Waals surface area (Å²) < 4.78 is 11.3. The van der Waals surface area contributed by atoms with E-state index >= 15 is 0 Å². The van der Waals surface area contributed by atoms with E-state index in [-0.39, 0.29) is 29.6 Å². The number of nitrogens with one attached hydrogen (secondary N) is 1. The van der Waals surface area contributed by atoms with Crippen molar-refractivity contribution in [3.63, 3.8) is 0 Å². The maximum absolute atomic E-state index is 13.0. The topological polar surface area (TPSA) is 84.9 Å². The molecule has 0 unspecified atom stereocenters. The number of Topliss-reactive ketones (excluding diaryl/α,β-unsaturated/α-hetero) is 1. The molecule has 212 valence electrons. The van der Waals surface area contributed by atoms with Crippen LogP contribution in [0.2, 0.25) is 0 Å². The van der Waals surface area contributed by atoms with Gasteiger partial charge in [-0.25, -0.2) is 4.79 Å². The molecule has 1 fully saturated rings. The number of ketones is 1. The van der Waals surface area contributed by atoms with E-state index < -0.39 is 11.6 Å². The number of carbonyl (C=O) groups is 3. The van der Waals surface area contributed by atoms with Crippen LogP contribution in [0, 0.1) is 11.8 Å². The van der Waals surface area contributed by atoms with Crippen LogP contribution >= 0.6 is 0 Å². The van der Waals surface area contributed by atoms with E-state index in [2.05, 4.69) is 5.32 Å². The van der Waals surface area contributed by atoms with Crippen LogP contribution in [0.4, 0.5) is 4.79 Å². The van der Waals surface area contributed by atoms with E-state index in [1.165, 1.54) is 0 Å². The third-order valence-corrected chi connectivity index (χ3v) is 6.69. The van der Waals surface area contributed by atoms with Gasteiger partial charge in [0.05, 0.1) is 6.04 Å². The summed E-state index contributed by atoms with van der Waals surface area (Å²) in [5, 5.41) is 3.02. The smallest absolute Gasteiger partial charge is 0.410 e. The Labute approximate surface area is 233 Å². The number of hydrogen-bond acceptors (Lipinski definition) is 5. The molecule has 1 aliphatic rings. The van der Waals surface area contributed by atoms with Crippen molar-refractivity contribution in [2.24, 2.45) is 11.8 Å². The van der Waals surface area contributed by atoms with E-state index in [9.17, 15) is 14.4 Å². The molecule has 1 N–H and O–H groups in total. The molecule has 0 radical (unpaired) electrons. The lowest BCUT2D eigenvalue weighted by atomic mass is 9.92. The summed E-state index contributed by atoms with van der Waals surface area (Å²) in [5.41, 5.74) is 1.54. The van der Waals surface area contributed by atoms with E-state index in [1.54, 1.807) is 4.90 Å². The fraction of sp³-hybridized carbons (Fsp3) is 0.531. The number of rotatable bonds is 11. The van der Waals surface area contributed by atoms with E-state index in [1.807, 2.05) is 89.2 Å². The zero-order valence-electron chi connectivity index (χ0n) is 24.1. The Morgan fingerprint density at radius 2 is 1.59 bits per heavy atom. The molecular formula is C32H44N2O5. The van der Waals surface area contributed by atoms with Crippen LogP contribution < -0.4 is 10.1 Å². The van der Waals surface area contributed by atoms with E-state index in [4.69, 9.17) is 9.47 Å². The molecule has 1 atom stereocenters. The summed E-state index contributed by atoms with van der Waals surface area (Å²) in [6.45, 7) is 11.2. The Bertz CT molecular complexity index is 1070. The molecule has 0 aromatic heterocycles. The number of benzene rings is 2. The highest BCUT2D eigenvalue weighted by Gasteiger charge is 2.29. The number of hydrogen-bond donors (Lipinski definition) is 1. The Morgan fingerprint density at radius 1 is 0.949 bits per heavy atom. The second-order valence-electron chi connectivity index (χ2n) is 11.9. The number of piperidine rings is 1. The van der Waals surface area contributed by atoms with Gasteiger partial charge in [0.25, 0.3) is 0 Å². The van der Waals surface area contributed by atoms with Gasteiger partial charge in [-0.1, -0.05) is 56.3 Å². The first kappa shape index (κ1) is 30.2. The molecule has 1 heterocycles. The molecule has 0 saturated carbocycles. The first-order valence-electron chi connectivity index (χ1n) is 14.0. The zero-order valence-corrected chi connectivity index (χ0v) is 24.1. The Balaban J connectivity index is 1.53. The summed E-state index contributed by atoms with van der Waals surface area (Å²) in [6.07, 6.45) is 2.37. The maximum atomic E-state index is 13.0. The highest BCUT2D eigenvalue weighted by Crippen LogP contribution is 2.23. The summed E-state index contributed by atoms with van der Waals surface area (Å²) in [5.74, 6) is 1.07. The van der Waals surface area contributed by atoms with Gasteiger partial charge in [0.15, 0.2) is 5.78 Å². The quantitative estimate of drug-likeness (QED) is 0.384. The third-order valence-electron chi connectivity index (χ3n) is 6.69. The van der Waals surface area contributed by atoms with Crippen molar-refractivity contribution >= 4 is 17.8 Å². The monoisotopic (exact) mass is 536 g/mol. The average Bonchev–Trinajstić information content (AvgIpc) is 2.87. The van der Waals surface area contributed by atoms with Crippen LogP contribution in [0.3, 0.4) is 0 Å². The van der Waals surface area contributed by atoms with Crippen LogP contribution in [0.25, 0.3) is 0 Å². The lowest BCUT2D eigenvalue weighted by molar-refractivity contribution is -0.128. The normalized spacial score (nSPS) is 15.1. The van der Waals surface area contributed by atoms with Crippen LogP contribution in [0.15, 0.2) is 54.6 Å². The van der Waals surface area contributed by atoms with Crippen LogP contribution in [0.5, 0.6) is 5.75 Å². The van der Waals surface area contributed by atoms with Gasteiger partial charge in [0, 0.05) is 25.9 Å². The predicted molar refractivity (Wildman–Crippen MR) is 152 cm³/mol. The largest absolute Gasteiger partial charge is 0.489 e. The standard InChI is InChI=1S/C32H44N2O5/c1-23(2)19-29(35)28(20-24-11-13-27(14-12-24)38-22-26-9-7-6-8-10-26)33-30(36)21-25-15-17-34(18-16-25)31(37)39-32(3,4)5/h6-14,23,25,28H,15-22H2,1-5H3,(H,33,36)/t28-/m0/s1. The van der Waals surface area contributed by atoms with Crippen molar-refractivity contribution in [3.8, 4) is 5.75 Å². The molecule has 39 heavy (non-hydrogen) atoms. The van der Waals surface area contributed by atoms with Gasteiger partial charge in [0.2, 0.25) is 5.91 Å². The van der Waals surface area contributed by atoms with Gasteiger partial charge < -0.3 is 19.7 Å².